The van der Waals surface area contributed by atoms with Gasteiger partial charge in [0.1, 0.15) is 54.9 Å². The molecule has 0 aromatic heterocycles. The Morgan fingerprint density at radius 2 is 1.29 bits per heavy atom. The van der Waals surface area contributed by atoms with E-state index in [4.69, 9.17) is 24.1 Å². The first-order chi connectivity index (χ1) is 16.2. The zero-order valence-corrected chi connectivity index (χ0v) is 18.0. The molecule has 202 valence electrons. The summed E-state index contributed by atoms with van der Waals surface area (Å²) in [4.78, 5) is 34.3. The van der Waals surface area contributed by atoms with E-state index in [1.807, 2.05) is 0 Å². The summed E-state index contributed by atoms with van der Waals surface area (Å²) in [6.07, 6.45) is -28.8. The Hall–Kier alpha value is -1.87. The Morgan fingerprint density at radius 3 is 1.77 bits per heavy atom. The summed E-state index contributed by atoms with van der Waals surface area (Å²) in [6, 6.07) is 0. The van der Waals surface area contributed by atoms with Crippen molar-refractivity contribution < 1.29 is 84.4 Å². The van der Waals surface area contributed by atoms with E-state index in [-0.39, 0.29) is 6.29 Å². The molecule has 2 heterocycles. The second-order valence-corrected chi connectivity index (χ2v) is 8.04. The number of aliphatic carboxylic acids is 2. The van der Waals surface area contributed by atoms with Crippen molar-refractivity contribution >= 4 is 18.2 Å². The number of aldehydes is 1. The summed E-state index contributed by atoms with van der Waals surface area (Å²) in [5.41, 5.74) is 0. The number of rotatable bonds is 10. The van der Waals surface area contributed by atoms with E-state index in [1.165, 1.54) is 0 Å². The average Bonchev–Trinajstić information content (AvgIpc) is 2.79. The fourth-order valence-electron chi connectivity index (χ4n) is 3.45. The van der Waals surface area contributed by atoms with Gasteiger partial charge in [0.25, 0.3) is 0 Å². The fraction of sp³-hybridized carbons (Fsp3) is 0.833. The van der Waals surface area contributed by atoms with Crippen molar-refractivity contribution in [3.8, 4) is 0 Å². The fourth-order valence-corrected chi connectivity index (χ4v) is 3.45. The van der Waals surface area contributed by atoms with Crippen LogP contribution in [0, 0.1) is 0 Å². The zero-order valence-electron chi connectivity index (χ0n) is 18.0. The van der Waals surface area contributed by atoms with Gasteiger partial charge >= 0.3 is 11.9 Å². The molecule has 0 bridgehead atoms. The minimum absolute atomic E-state index is 0.0396. The highest BCUT2D eigenvalue weighted by atomic mass is 16.7. The lowest BCUT2D eigenvalue weighted by Gasteiger charge is -2.45. The summed E-state index contributed by atoms with van der Waals surface area (Å²) in [7, 11) is 0. The molecule has 14 atom stereocenters. The second kappa shape index (κ2) is 11.9. The molecule has 2 saturated heterocycles. The summed E-state index contributed by atoms with van der Waals surface area (Å²) in [5.74, 6) is -3.60. The van der Waals surface area contributed by atoms with Crippen LogP contribution in [0.1, 0.15) is 6.92 Å². The summed E-state index contributed by atoms with van der Waals surface area (Å²) in [6.45, 7) is 1.08. The third kappa shape index (κ3) is 6.28. The van der Waals surface area contributed by atoms with Crippen LogP contribution in [0.25, 0.3) is 0 Å². The first-order valence-electron chi connectivity index (χ1n) is 10.2. The van der Waals surface area contributed by atoms with E-state index < -0.39 is 97.8 Å². The van der Waals surface area contributed by atoms with Gasteiger partial charge < -0.3 is 74.8 Å². The number of hydrogen-bond donors (Lipinski definition) is 10. The highest BCUT2D eigenvalue weighted by molar-refractivity contribution is 5.74. The van der Waals surface area contributed by atoms with Crippen LogP contribution in [-0.2, 0) is 33.3 Å². The van der Waals surface area contributed by atoms with Gasteiger partial charge in [-0.2, -0.15) is 0 Å². The number of carbonyl (C=O) groups excluding carboxylic acids is 1. The maximum Gasteiger partial charge on any atom is 0.335 e. The van der Waals surface area contributed by atoms with Gasteiger partial charge in [0, 0.05) is 0 Å². The van der Waals surface area contributed by atoms with Crippen LogP contribution in [-0.4, -0.2) is 155 Å². The molecule has 17 heteroatoms. The molecule has 35 heavy (non-hydrogen) atoms. The lowest BCUT2D eigenvalue weighted by Crippen LogP contribution is -2.66. The first kappa shape index (κ1) is 29.4. The number of aliphatic hydroxyl groups is 8. The number of carbonyl (C=O) groups is 3. The quantitative estimate of drug-likeness (QED) is 0.121. The van der Waals surface area contributed by atoms with Gasteiger partial charge in [0.05, 0.1) is 6.10 Å². The van der Waals surface area contributed by atoms with Crippen LogP contribution in [0.3, 0.4) is 0 Å². The predicted octanol–water partition coefficient (Wildman–Crippen LogP) is -6.52. The number of hydrogen-bond acceptors (Lipinski definition) is 15. The SMILES string of the molecule is C[C@@H](O)[C@@H](O)[C@H](O)[C@H](C=O)O[C@H]1O[C@H](C(=O)O)[C@H](O[C@@H]2O[C@H](C(=O)O)[C@@H](O)[C@H](O)[C@H]2O)[C@H](O)[C@H]1O. The van der Waals surface area contributed by atoms with E-state index >= 15 is 0 Å². The Kier molecular flexibility index (Phi) is 9.99. The number of carboxylic acid groups (broad SMARTS) is 2. The highest BCUT2D eigenvalue weighted by Crippen LogP contribution is 2.30. The Balaban J connectivity index is 2.22. The van der Waals surface area contributed by atoms with Crippen molar-refractivity contribution in [3.63, 3.8) is 0 Å². The maximum absolute atomic E-state index is 11.7. The van der Waals surface area contributed by atoms with Gasteiger partial charge in [-0.15, -0.1) is 0 Å². The summed E-state index contributed by atoms with van der Waals surface area (Å²) in [5, 5.41) is 98.1. The van der Waals surface area contributed by atoms with Crippen molar-refractivity contribution in [2.75, 3.05) is 0 Å². The topological polar surface area (TPSA) is 290 Å². The van der Waals surface area contributed by atoms with Crippen LogP contribution >= 0.6 is 0 Å². The molecule has 0 aromatic rings. The monoisotopic (exact) mass is 516 g/mol. The lowest BCUT2D eigenvalue weighted by atomic mass is 9.96. The molecule has 2 aliphatic heterocycles. The average molecular weight is 516 g/mol. The van der Waals surface area contributed by atoms with E-state index in [0.717, 1.165) is 6.92 Å². The smallest absolute Gasteiger partial charge is 0.335 e. The van der Waals surface area contributed by atoms with Crippen LogP contribution < -0.4 is 0 Å². The summed E-state index contributed by atoms with van der Waals surface area (Å²) >= 11 is 0. The standard InChI is InChI=1S/C18H28O17/c1-3(20)5(21)6(22)4(2-19)32-17-11(27)9(25)12(14(35-17)16(30)31)33-18-10(26)7(23)8(24)13(34-18)15(28)29/h2-14,17-18,20-27H,1H3,(H,28,29)(H,30,31)/t3-,4+,5-,6-,7+,8+,9-,10-,11-,12-,13+,14+,17+,18-/m1/s1. The number of carboxylic acids is 2. The Morgan fingerprint density at radius 1 is 0.771 bits per heavy atom. The van der Waals surface area contributed by atoms with E-state index in [2.05, 4.69) is 0 Å². The minimum atomic E-state index is -2.22. The maximum atomic E-state index is 11.7. The van der Waals surface area contributed by atoms with Crippen LogP contribution in [0.15, 0.2) is 0 Å². The van der Waals surface area contributed by atoms with E-state index in [9.17, 15) is 60.3 Å². The molecule has 17 nitrogen and oxygen atoms in total. The molecule has 0 aromatic carbocycles. The normalized spacial score (nSPS) is 41.4. The molecule has 2 fully saturated rings. The lowest BCUT2D eigenvalue weighted by molar-refractivity contribution is -0.354. The van der Waals surface area contributed by atoms with Gasteiger partial charge in [-0.05, 0) is 6.92 Å². The third-order valence-electron chi connectivity index (χ3n) is 5.50. The molecule has 0 aliphatic carbocycles. The van der Waals surface area contributed by atoms with E-state index in [1.54, 1.807) is 0 Å². The molecular weight excluding hydrogens is 488 g/mol. The molecule has 10 N–H and O–H groups in total. The van der Waals surface area contributed by atoms with Gasteiger partial charge in [0.15, 0.2) is 31.1 Å². The van der Waals surface area contributed by atoms with Crippen LogP contribution in [0.5, 0.6) is 0 Å². The Labute approximate surface area is 196 Å². The van der Waals surface area contributed by atoms with E-state index in [0.29, 0.717) is 0 Å². The molecule has 0 radical (unpaired) electrons. The highest BCUT2D eigenvalue weighted by Gasteiger charge is 2.54. The zero-order chi connectivity index (χ0) is 26.8. The minimum Gasteiger partial charge on any atom is -0.479 e. The van der Waals surface area contributed by atoms with Crippen molar-refractivity contribution in [3.05, 3.63) is 0 Å². The summed E-state index contributed by atoms with van der Waals surface area (Å²) < 4.78 is 20.0. The van der Waals surface area contributed by atoms with Gasteiger partial charge in [-0.3, -0.25) is 0 Å². The van der Waals surface area contributed by atoms with Gasteiger partial charge in [-0.25, -0.2) is 9.59 Å². The molecule has 0 saturated carbocycles. The molecule has 0 spiro atoms. The van der Waals surface area contributed by atoms with Crippen LogP contribution in [0.4, 0.5) is 0 Å². The number of aliphatic hydroxyl groups excluding tert-OH is 8. The Bertz CT molecular complexity index is 747. The molecule has 0 amide bonds. The predicted molar refractivity (Wildman–Crippen MR) is 102 cm³/mol. The molecular formula is C18H28O17. The first-order valence-corrected chi connectivity index (χ1v) is 10.2. The molecule has 2 aliphatic rings. The van der Waals surface area contributed by atoms with Crippen LogP contribution in [0.2, 0.25) is 0 Å². The second-order valence-electron chi connectivity index (χ2n) is 8.04. The van der Waals surface area contributed by atoms with Crippen molar-refractivity contribution in [2.24, 2.45) is 0 Å². The van der Waals surface area contributed by atoms with Gasteiger partial charge in [-0.1, -0.05) is 0 Å². The number of ether oxygens (including phenoxy) is 4. The van der Waals surface area contributed by atoms with Crippen molar-refractivity contribution in [2.45, 2.75) is 92.8 Å². The molecule has 0 unspecified atom stereocenters. The van der Waals surface area contributed by atoms with Crippen molar-refractivity contribution in [1.29, 1.82) is 0 Å². The van der Waals surface area contributed by atoms with Gasteiger partial charge in [0.2, 0.25) is 0 Å². The van der Waals surface area contributed by atoms with Crippen molar-refractivity contribution in [1.82, 2.24) is 0 Å². The largest absolute Gasteiger partial charge is 0.479 e. The third-order valence-corrected chi connectivity index (χ3v) is 5.50. The molecule has 2 rings (SSSR count).